The molecule has 112 valence electrons. The topological polar surface area (TPSA) is 34.1 Å². The lowest BCUT2D eigenvalue weighted by molar-refractivity contribution is 0.185. The number of aryl methyl sites for hydroxylation is 1. The lowest BCUT2D eigenvalue weighted by Crippen LogP contribution is -2.24. The normalized spacial score (nSPS) is 17.7. The Bertz CT molecular complexity index is 609. The Kier molecular flexibility index (Phi) is 4.68. The van der Waals surface area contributed by atoms with Gasteiger partial charge in [0.05, 0.1) is 18.3 Å². The van der Waals surface area contributed by atoms with Crippen molar-refractivity contribution in [3.8, 4) is 10.6 Å². The van der Waals surface area contributed by atoms with Crippen molar-refractivity contribution in [3.63, 3.8) is 0 Å². The van der Waals surface area contributed by atoms with Gasteiger partial charge in [0.15, 0.2) is 0 Å². The number of hydrogen-bond donors (Lipinski definition) is 1. The van der Waals surface area contributed by atoms with Crippen LogP contribution in [0, 0.1) is 0 Å². The summed E-state index contributed by atoms with van der Waals surface area (Å²) in [6, 6.07) is 8.85. The molecule has 1 aliphatic carbocycles. The van der Waals surface area contributed by atoms with E-state index in [0.717, 1.165) is 11.6 Å². The van der Waals surface area contributed by atoms with Crippen molar-refractivity contribution in [1.29, 1.82) is 0 Å². The van der Waals surface area contributed by atoms with Gasteiger partial charge in [-0.05, 0) is 31.4 Å². The maximum absolute atomic E-state index is 5.32. The van der Waals surface area contributed by atoms with Crippen LogP contribution in [0.3, 0.4) is 0 Å². The number of rotatable bonds is 5. The highest BCUT2D eigenvalue weighted by atomic mass is 32.1. The summed E-state index contributed by atoms with van der Waals surface area (Å²) in [6.07, 6.45) is 3.62. The maximum atomic E-state index is 5.32. The molecule has 1 aromatic carbocycles. The molecule has 0 spiro atoms. The Morgan fingerprint density at radius 1 is 1.38 bits per heavy atom. The molecule has 21 heavy (non-hydrogen) atoms. The fourth-order valence-corrected chi connectivity index (χ4v) is 4.21. The van der Waals surface area contributed by atoms with E-state index >= 15 is 0 Å². The van der Waals surface area contributed by atoms with E-state index in [0.29, 0.717) is 12.6 Å². The van der Waals surface area contributed by atoms with Gasteiger partial charge in [-0.25, -0.2) is 4.98 Å². The van der Waals surface area contributed by atoms with Crippen LogP contribution in [0.4, 0.5) is 0 Å². The molecule has 1 unspecified atom stereocenters. The highest BCUT2D eigenvalue weighted by molar-refractivity contribution is 7.15. The number of thiazole rings is 1. The molecule has 0 radical (unpaired) electrons. The fraction of sp³-hybridized carbons (Fsp3) is 0.471. The van der Waals surface area contributed by atoms with Gasteiger partial charge in [0, 0.05) is 17.6 Å². The zero-order valence-electron chi connectivity index (χ0n) is 12.7. The quantitative estimate of drug-likeness (QED) is 0.908. The van der Waals surface area contributed by atoms with E-state index in [-0.39, 0.29) is 0 Å². The van der Waals surface area contributed by atoms with Crippen LogP contribution in [0.2, 0.25) is 0 Å². The third-order valence-corrected chi connectivity index (χ3v) is 5.12. The largest absolute Gasteiger partial charge is 0.380 e. The number of nitrogens with zero attached hydrogens (tertiary/aromatic N) is 1. The van der Waals surface area contributed by atoms with Gasteiger partial charge in [0.2, 0.25) is 0 Å². The minimum Gasteiger partial charge on any atom is -0.380 e. The molecule has 1 aliphatic rings. The average Bonchev–Trinajstić information content (AvgIpc) is 2.93. The Balaban J connectivity index is 1.97. The number of fused-ring (bicyclic) bond motifs is 1. The molecule has 0 saturated carbocycles. The van der Waals surface area contributed by atoms with Gasteiger partial charge in [-0.1, -0.05) is 31.2 Å². The van der Waals surface area contributed by atoms with Gasteiger partial charge in [-0.3, -0.25) is 0 Å². The van der Waals surface area contributed by atoms with E-state index in [9.17, 15) is 0 Å². The van der Waals surface area contributed by atoms with Gasteiger partial charge in [-0.15, -0.1) is 11.3 Å². The minimum atomic E-state index is 0.429. The van der Waals surface area contributed by atoms with Crippen LogP contribution < -0.4 is 5.32 Å². The molecule has 0 amide bonds. The first kappa shape index (κ1) is 14.7. The van der Waals surface area contributed by atoms with Crippen molar-refractivity contribution >= 4 is 11.3 Å². The summed E-state index contributed by atoms with van der Waals surface area (Å²) in [5.74, 6) is 0. The third-order valence-electron chi connectivity index (χ3n) is 3.95. The van der Waals surface area contributed by atoms with Crippen LogP contribution in [0.25, 0.3) is 10.6 Å². The molecule has 3 rings (SSSR count). The molecule has 1 heterocycles. The molecular formula is C17H22N2OS. The van der Waals surface area contributed by atoms with Gasteiger partial charge in [0.1, 0.15) is 5.01 Å². The van der Waals surface area contributed by atoms with E-state index in [1.807, 2.05) is 11.3 Å². The van der Waals surface area contributed by atoms with Crippen LogP contribution in [0.5, 0.6) is 0 Å². The first-order valence-corrected chi connectivity index (χ1v) is 8.45. The monoisotopic (exact) mass is 302 g/mol. The molecule has 3 nitrogen and oxygen atoms in total. The number of nitrogens with one attached hydrogen (secondary N) is 1. The van der Waals surface area contributed by atoms with E-state index < -0.39 is 0 Å². The van der Waals surface area contributed by atoms with E-state index in [4.69, 9.17) is 9.72 Å². The summed E-state index contributed by atoms with van der Waals surface area (Å²) >= 11 is 1.85. The van der Waals surface area contributed by atoms with Crippen molar-refractivity contribution in [2.45, 2.75) is 38.8 Å². The van der Waals surface area contributed by atoms with Gasteiger partial charge in [-0.2, -0.15) is 0 Å². The van der Waals surface area contributed by atoms with Crippen LogP contribution in [0.1, 0.15) is 41.9 Å². The number of benzene rings is 1. The second-order valence-corrected chi connectivity index (χ2v) is 6.50. The van der Waals surface area contributed by atoms with Gasteiger partial charge < -0.3 is 10.1 Å². The molecule has 1 aromatic heterocycles. The lowest BCUT2D eigenvalue weighted by Gasteiger charge is -2.21. The standard InChI is InChI=1S/C17H22N2OS/c1-3-18-14-9-6-10-15-16(14)19-17(21-15)13-8-5-4-7-12(13)11-20-2/h4-5,7-8,14,18H,3,6,9-11H2,1-2H3. The zero-order chi connectivity index (χ0) is 14.7. The molecule has 1 atom stereocenters. The van der Waals surface area contributed by atoms with Crippen molar-refractivity contribution < 1.29 is 4.74 Å². The molecule has 4 heteroatoms. The van der Waals surface area contributed by atoms with Crippen LogP contribution in [0.15, 0.2) is 24.3 Å². The first-order valence-electron chi connectivity index (χ1n) is 7.63. The summed E-state index contributed by atoms with van der Waals surface area (Å²) in [5, 5.41) is 4.70. The van der Waals surface area contributed by atoms with Gasteiger partial charge in [0.25, 0.3) is 0 Å². The Hall–Kier alpha value is -1.23. The van der Waals surface area contributed by atoms with Crippen LogP contribution in [-0.4, -0.2) is 18.6 Å². The highest BCUT2D eigenvalue weighted by Gasteiger charge is 2.24. The Morgan fingerprint density at radius 3 is 3.05 bits per heavy atom. The number of methoxy groups -OCH3 is 1. The van der Waals surface area contributed by atoms with Gasteiger partial charge >= 0.3 is 0 Å². The summed E-state index contributed by atoms with van der Waals surface area (Å²) in [6.45, 7) is 3.80. The Morgan fingerprint density at radius 2 is 2.24 bits per heavy atom. The molecule has 0 fully saturated rings. The fourth-order valence-electron chi connectivity index (χ4n) is 2.99. The highest BCUT2D eigenvalue weighted by Crippen LogP contribution is 2.38. The third kappa shape index (κ3) is 3.03. The van der Waals surface area contributed by atoms with Crippen molar-refractivity contribution in [2.24, 2.45) is 0 Å². The maximum Gasteiger partial charge on any atom is 0.124 e. The first-order chi connectivity index (χ1) is 10.3. The zero-order valence-corrected chi connectivity index (χ0v) is 13.5. The van der Waals surface area contributed by atoms with Crippen molar-refractivity contribution in [2.75, 3.05) is 13.7 Å². The van der Waals surface area contributed by atoms with Crippen molar-refractivity contribution in [3.05, 3.63) is 40.4 Å². The number of aromatic nitrogens is 1. The average molecular weight is 302 g/mol. The van der Waals surface area contributed by atoms with E-state index in [1.54, 1.807) is 7.11 Å². The van der Waals surface area contributed by atoms with Crippen LogP contribution >= 0.6 is 11.3 Å². The molecule has 0 saturated heterocycles. The summed E-state index contributed by atoms with van der Waals surface area (Å²) in [4.78, 5) is 6.42. The van der Waals surface area contributed by atoms with E-state index in [2.05, 4.69) is 36.5 Å². The lowest BCUT2D eigenvalue weighted by atomic mass is 9.97. The minimum absolute atomic E-state index is 0.429. The molecular weight excluding hydrogens is 280 g/mol. The Labute approximate surface area is 130 Å². The second kappa shape index (κ2) is 6.69. The van der Waals surface area contributed by atoms with E-state index in [1.165, 1.54) is 41.0 Å². The SMILES string of the molecule is CCNC1CCCc2sc(-c3ccccc3COC)nc21. The second-order valence-electron chi connectivity index (χ2n) is 5.42. The summed E-state index contributed by atoms with van der Waals surface area (Å²) in [5.41, 5.74) is 3.70. The summed E-state index contributed by atoms with van der Waals surface area (Å²) < 4.78 is 5.32. The molecule has 0 aliphatic heterocycles. The number of ether oxygens (including phenoxy) is 1. The smallest absolute Gasteiger partial charge is 0.124 e. The predicted octanol–water partition coefficient (Wildman–Crippen LogP) is 3.94. The summed E-state index contributed by atoms with van der Waals surface area (Å²) in [7, 11) is 1.74. The van der Waals surface area contributed by atoms with Crippen molar-refractivity contribution in [1.82, 2.24) is 10.3 Å². The number of hydrogen-bond acceptors (Lipinski definition) is 4. The van der Waals surface area contributed by atoms with Crippen LogP contribution in [-0.2, 0) is 17.8 Å². The molecule has 1 N–H and O–H groups in total. The molecule has 2 aromatic rings. The molecule has 0 bridgehead atoms. The predicted molar refractivity (Wildman–Crippen MR) is 87.6 cm³/mol.